The number of methoxy groups -OCH3 is 1. The summed E-state index contributed by atoms with van der Waals surface area (Å²) >= 11 is 0. The van der Waals surface area contributed by atoms with Crippen molar-refractivity contribution in [1.29, 1.82) is 0 Å². The molecule has 0 fully saturated rings. The zero-order chi connectivity index (χ0) is 20.4. The number of benzene rings is 2. The second-order valence-corrected chi connectivity index (χ2v) is 6.30. The van der Waals surface area contributed by atoms with E-state index in [9.17, 15) is 14.4 Å². The van der Waals surface area contributed by atoms with Gasteiger partial charge < -0.3 is 14.2 Å². The van der Waals surface area contributed by atoms with Crippen LogP contribution in [0.4, 0.5) is 0 Å². The van der Waals surface area contributed by atoms with Crippen molar-refractivity contribution in [2.75, 3.05) is 26.9 Å². The van der Waals surface area contributed by atoms with Crippen molar-refractivity contribution >= 4 is 28.6 Å². The summed E-state index contributed by atoms with van der Waals surface area (Å²) < 4.78 is 16.2. The summed E-state index contributed by atoms with van der Waals surface area (Å²) in [7, 11) is 1.51. The van der Waals surface area contributed by atoms with Crippen molar-refractivity contribution in [3.63, 3.8) is 0 Å². The van der Waals surface area contributed by atoms with Gasteiger partial charge in [0.2, 0.25) is 0 Å². The van der Waals surface area contributed by atoms with E-state index in [1.807, 2.05) is 0 Å². The van der Waals surface area contributed by atoms with E-state index >= 15 is 0 Å². The Bertz CT molecular complexity index is 972. The molecular formula is C21H21NO6. The van der Waals surface area contributed by atoms with E-state index in [4.69, 9.17) is 14.2 Å². The molecule has 28 heavy (non-hydrogen) atoms. The monoisotopic (exact) mass is 383 g/mol. The summed E-state index contributed by atoms with van der Waals surface area (Å²) in [5, 5.41) is 1.05. The van der Waals surface area contributed by atoms with Gasteiger partial charge in [0.05, 0.1) is 12.5 Å². The van der Waals surface area contributed by atoms with Crippen molar-refractivity contribution in [3.8, 4) is 11.5 Å². The van der Waals surface area contributed by atoms with Gasteiger partial charge in [-0.3, -0.25) is 14.5 Å². The Labute approximate surface area is 162 Å². The van der Waals surface area contributed by atoms with E-state index in [1.54, 1.807) is 38.1 Å². The number of amides is 2. The molecule has 0 unspecified atom stereocenters. The number of esters is 1. The molecule has 0 atom stereocenters. The van der Waals surface area contributed by atoms with Gasteiger partial charge in [0, 0.05) is 28.6 Å². The van der Waals surface area contributed by atoms with Gasteiger partial charge in [-0.2, -0.15) is 0 Å². The molecule has 0 saturated heterocycles. The number of hydrogen-bond acceptors (Lipinski definition) is 6. The van der Waals surface area contributed by atoms with Crippen molar-refractivity contribution in [1.82, 2.24) is 4.90 Å². The zero-order valence-corrected chi connectivity index (χ0v) is 16.0. The molecule has 1 aliphatic rings. The fourth-order valence-corrected chi connectivity index (χ4v) is 3.16. The molecule has 7 heteroatoms. The summed E-state index contributed by atoms with van der Waals surface area (Å²) in [5.74, 6) is -0.260. The molecule has 1 heterocycles. The molecule has 0 saturated carbocycles. The average molecular weight is 383 g/mol. The highest BCUT2D eigenvalue weighted by molar-refractivity contribution is 6.26. The van der Waals surface area contributed by atoms with E-state index in [0.29, 0.717) is 39.0 Å². The molecule has 0 aromatic heterocycles. The fraction of sp³-hybridized carbons (Fsp3) is 0.286. The van der Waals surface area contributed by atoms with E-state index < -0.39 is 5.97 Å². The first-order valence-corrected chi connectivity index (χ1v) is 8.86. The Morgan fingerprint density at radius 1 is 1.00 bits per heavy atom. The fourth-order valence-electron chi connectivity index (χ4n) is 3.16. The van der Waals surface area contributed by atoms with Gasteiger partial charge in [0.1, 0.15) is 24.7 Å². The number of carbonyl (C=O) groups excluding carboxylic acids is 3. The highest BCUT2D eigenvalue weighted by Gasteiger charge is 2.33. The van der Waals surface area contributed by atoms with E-state index in [1.165, 1.54) is 12.0 Å². The van der Waals surface area contributed by atoms with E-state index in [2.05, 4.69) is 6.58 Å². The maximum absolute atomic E-state index is 12.7. The number of carbonyl (C=O) groups is 3. The Morgan fingerprint density at radius 2 is 1.61 bits per heavy atom. The lowest BCUT2D eigenvalue weighted by atomic mass is 9.93. The van der Waals surface area contributed by atoms with Crippen LogP contribution in [0.2, 0.25) is 0 Å². The van der Waals surface area contributed by atoms with Crippen LogP contribution in [0.3, 0.4) is 0 Å². The molecular weight excluding hydrogens is 362 g/mol. The van der Waals surface area contributed by atoms with Crippen LogP contribution in [0.25, 0.3) is 10.8 Å². The number of rotatable bonds is 7. The van der Waals surface area contributed by atoms with Crippen LogP contribution in [0.15, 0.2) is 36.4 Å². The lowest BCUT2D eigenvalue weighted by Gasteiger charge is -2.27. The van der Waals surface area contributed by atoms with Crippen LogP contribution in [0.5, 0.6) is 11.5 Å². The van der Waals surface area contributed by atoms with Crippen LogP contribution < -0.4 is 9.47 Å². The predicted molar refractivity (Wildman–Crippen MR) is 103 cm³/mol. The SMILES string of the molecule is C=C(C)C(=O)OCCOc1ccc2c3c(ccc(OC)c13)C(=O)N(CC)C2=O. The average Bonchev–Trinajstić information content (AvgIpc) is 2.69. The molecule has 2 amide bonds. The first-order chi connectivity index (χ1) is 13.4. The maximum Gasteiger partial charge on any atom is 0.333 e. The van der Waals surface area contributed by atoms with Crippen molar-refractivity contribution in [3.05, 3.63) is 47.5 Å². The highest BCUT2D eigenvalue weighted by Crippen LogP contribution is 2.40. The molecule has 0 spiro atoms. The van der Waals surface area contributed by atoms with Gasteiger partial charge in [-0.15, -0.1) is 0 Å². The van der Waals surface area contributed by atoms with Gasteiger partial charge in [0.25, 0.3) is 11.8 Å². The number of ether oxygens (including phenoxy) is 3. The largest absolute Gasteiger partial charge is 0.496 e. The van der Waals surface area contributed by atoms with E-state index in [0.717, 1.165) is 0 Å². The predicted octanol–water partition coefficient (Wildman–Crippen LogP) is 2.96. The van der Waals surface area contributed by atoms with Crippen LogP contribution in [0.1, 0.15) is 34.6 Å². The normalized spacial score (nSPS) is 12.9. The summed E-state index contributed by atoms with van der Waals surface area (Å²) in [5.41, 5.74) is 1.15. The zero-order valence-electron chi connectivity index (χ0n) is 16.0. The third-order valence-corrected chi connectivity index (χ3v) is 4.49. The minimum atomic E-state index is -0.492. The molecule has 0 N–H and O–H groups in total. The minimum Gasteiger partial charge on any atom is -0.496 e. The lowest BCUT2D eigenvalue weighted by molar-refractivity contribution is -0.139. The summed E-state index contributed by atoms with van der Waals surface area (Å²) in [6.45, 7) is 7.27. The van der Waals surface area contributed by atoms with Gasteiger partial charge in [-0.25, -0.2) is 4.79 Å². The standard InChI is InChI=1S/C21H21NO6/c1-5-22-19(23)13-6-8-15(26-4)18-16(9-7-14(17(13)18)20(22)24)27-10-11-28-21(25)12(2)3/h6-9H,2,5,10-11H2,1,3-4H3. The van der Waals surface area contributed by atoms with E-state index in [-0.39, 0.29) is 31.6 Å². The Balaban J connectivity index is 2.00. The molecule has 0 radical (unpaired) electrons. The Morgan fingerprint density at radius 3 is 2.14 bits per heavy atom. The van der Waals surface area contributed by atoms with Crippen LogP contribution in [-0.2, 0) is 9.53 Å². The second kappa shape index (κ2) is 7.72. The summed E-state index contributed by atoms with van der Waals surface area (Å²) in [6, 6.07) is 6.63. The quantitative estimate of drug-likeness (QED) is 0.316. The molecule has 7 nitrogen and oxygen atoms in total. The lowest BCUT2D eigenvalue weighted by Crippen LogP contribution is -2.40. The number of hydrogen-bond donors (Lipinski definition) is 0. The highest BCUT2D eigenvalue weighted by atomic mass is 16.6. The van der Waals surface area contributed by atoms with Gasteiger partial charge in [0.15, 0.2) is 0 Å². The summed E-state index contributed by atoms with van der Waals surface area (Å²) in [4.78, 5) is 38.1. The molecule has 146 valence electrons. The van der Waals surface area contributed by atoms with Crippen LogP contribution in [-0.4, -0.2) is 49.6 Å². The summed E-state index contributed by atoms with van der Waals surface area (Å²) in [6.07, 6.45) is 0. The topological polar surface area (TPSA) is 82.1 Å². The molecule has 0 aliphatic carbocycles. The first-order valence-electron chi connectivity index (χ1n) is 8.86. The second-order valence-electron chi connectivity index (χ2n) is 6.30. The molecule has 1 aliphatic heterocycles. The smallest absolute Gasteiger partial charge is 0.333 e. The number of nitrogens with zero attached hydrogens (tertiary/aromatic N) is 1. The minimum absolute atomic E-state index is 0.0401. The van der Waals surface area contributed by atoms with Crippen molar-refractivity contribution in [2.24, 2.45) is 0 Å². The van der Waals surface area contributed by atoms with Gasteiger partial charge >= 0.3 is 5.97 Å². The van der Waals surface area contributed by atoms with Gasteiger partial charge in [-0.1, -0.05) is 6.58 Å². The molecule has 2 aromatic rings. The molecule has 2 aromatic carbocycles. The molecule has 3 rings (SSSR count). The number of imide groups is 1. The van der Waals surface area contributed by atoms with Crippen LogP contribution in [0, 0.1) is 0 Å². The molecule has 0 bridgehead atoms. The third-order valence-electron chi connectivity index (χ3n) is 4.49. The maximum atomic E-state index is 12.7. The van der Waals surface area contributed by atoms with Crippen molar-refractivity contribution < 1.29 is 28.6 Å². The third kappa shape index (κ3) is 3.19. The van der Waals surface area contributed by atoms with Gasteiger partial charge in [-0.05, 0) is 38.1 Å². The Hall–Kier alpha value is -3.35. The van der Waals surface area contributed by atoms with Crippen LogP contribution >= 0.6 is 0 Å². The van der Waals surface area contributed by atoms with Crippen molar-refractivity contribution in [2.45, 2.75) is 13.8 Å². The Kier molecular flexibility index (Phi) is 5.35. The first kappa shape index (κ1) is 19.4.